The number of hydrogen-bond donors (Lipinski definition) is 1. The van der Waals surface area contributed by atoms with Crippen LogP contribution in [0.1, 0.15) is 5.56 Å². The number of hydrogen-bond acceptors (Lipinski definition) is 2. The maximum absolute atomic E-state index is 6.48. The van der Waals surface area contributed by atoms with Gasteiger partial charge in [0.05, 0.1) is 11.1 Å². The molecule has 0 fully saturated rings. The predicted molar refractivity (Wildman–Crippen MR) is 32.4 cm³/mol. The zero-order valence-electron chi connectivity index (χ0n) is 4.78. The van der Waals surface area contributed by atoms with Crippen LogP contribution in [0.5, 0.6) is 0 Å². The standard InChI is InChI=1S/C6H6N3/c7-9-5-6-2-1-3-8-4-6/h1-5,7H/q+1. The molecule has 1 aromatic heterocycles. The SMILES string of the molecule is N=[N+]=Cc1cccnc1. The Labute approximate surface area is 52.6 Å². The summed E-state index contributed by atoms with van der Waals surface area (Å²) in [5.41, 5.74) is 7.34. The molecule has 0 aliphatic rings. The van der Waals surface area contributed by atoms with Crippen molar-refractivity contribution in [2.45, 2.75) is 0 Å². The molecule has 0 radical (unpaired) electrons. The van der Waals surface area contributed by atoms with E-state index in [2.05, 4.69) is 9.77 Å². The van der Waals surface area contributed by atoms with Crippen molar-refractivity contribution in [2.24, 2.45) is 0 Å². The Kier molecular flexibility index (Phi) is 1.73. The Hall–Kier alpha value is -1.47. The van der Waals surface area contributed by atoms with Crippen molar-refractivity contribution >= 4 is 6.21 Å². The van der Waals surface area contributed by atoms with Gasteiger partial charge < -0.3 is 0 Å². The maximum atomic E-state index is 6.48. The fraction of sp³-hybridized carbons (Fsp3) is 0. The lowest BCUT2D eigenvalue weighted by Crippen LogP contribution is -1.80. The third-order valence-electron chi connectivity index (χ3n) is 0.898. The molecule has 0 saturated carbocycles. The topological polar surface area (TPSA) is 50.8 Å². The van der Waals surface area contributed by atoms with E-state index in [0.717, 1.165) is 5.56 Å². The van der Waals surface area contributed by atoms with Crippen LogP contribution >= 0.6 is 0 Å². The lowest BCUT2D eigenvalue weighted by molar-refractivity contribution is -0.111. The van der Waals surface area contributed by atoms with E-state index >= 15 is 0 Å². The minimum Gasteiger partial charge on any atom is -0.264 e. The normalized spacial score (nSPS) is 8.00. The highest BCUT2D eigenvalue weighted by atomic mass is 14.8. The van der Waals surface area contributed by atoms with Crippen LogP contribution in [0.15, 0.2) is 24.5 Å². The average Bonchev–Trinajstić information content (AvgIpc) is 1.91. The number of rotatable bonds is 1. The van der Waals surface area contributed by atoms with E-state index in [4.69, 9.17) is 5.53 Å². The van der Waals surface area contributed by atoms with Gasteiger partial charge in [0.25, 0.3) is 0 Å². The molecule has 3 nitrogen and oxygen atoms in total. The zero-order chi connectivity index (χ0) is 6.53. The fourth-order valence-electron chi connectivity index (χ4n) is 0.527. The molecule has 1 rings (SSSR count). The van der Waals surface area contributed by atoms with Gasteiger partial charge in [0.15, 0.2) is 0 Å². The quantitative estimate of drug-likeness (QED) is 0.331. The predicted octanol–water partition coefficient (Wildman–Crippen LogP) is 0.740. The third kappa shape index (κ3) is 1.48. The van der Waals surface area contributed by atoms with Gasteiger partial charge in [0, 0.05) is 17.2 Å². The lowest BCUT2D eigenvalue weighted by Gasteiger charge is -1.78. The molecule has 0 aliphatic carbocycles. The molecule has 0 aromatic carbocycles. The van der Waals surface area contributed by atoms with Crippen LogP contribution < -0.4 is 0 Å². The second kappa shape index (κ2) is 2.74. The van der Waals surface area contributed by atoms with E-state index in [9.17, 15) is 0 Å². The molecule has 3 heteroatoms. The van der Waals surface area contributed by atoms with Crippen molar-refractivity contribution in [2.75, 3.05) is 0 Å². The molecule has 1 aromatic rings. The van der Waals surface area contributed by atoms with Crippen LogP contribution in [0, 0.1) is 5.53 Å². The summed E-state index contributed by atoms with van der Waals surface area (Å²) in [6, 6.07) is 3.64. The molecular formula is C6H6N3+. The fourth-order valence-corrected chi connectivity index (χ4v) is 0.527. The van der Waals surface area contributed by atoms with Crippen LogP contribution in [0.3, 0.4) is 0 Å². The van der Waals surface area contributed by atoms with Crippen molar-refractivity contribution in [1.82, 2.24) is 4.98 Å². The van der Waals surface area contributed by atoms with E-state index in [1.54, 1.807) is 18.5 Å². The molecule has 1 N–H and O–H groups in total. The van der Waals surface area contributed by atoms with Crippen molar-refractivity contribution in [1.29, 1.82) is 5.53 Å². The monoisotopic (exact) mass is 120 g/mol. The molecule has 44 valence electrons. The van der Waals surface area contributed by atoms with Gasteiger partial charge in [0.1, 0.15) is 0 Å². The van der Waals surface area contributed by atoms with Crippen LogP contribution in [0.2, 0.25) is 0 Å². The first-order valence-corrected chi connectivity index (χ1v) is 2.53. The summed E-state index contributed by atoms with van der Waals surface area (Å²) in [5, 5.41) is 0. The van der Waals surface area contributed by atoms with E-state index in [-0.39, 0.29) is 0 Å². The van der Waals surface area contributed by atoms with E-state index in [1.807, 2.05) is 6.07 Å². The van der Waals surface area contributed by atoms with Crippen LogP contribution in [-0.2, 0) is 0 Å². The van der Waals surface area contributed by atoms with Crippen molar-refractivity contribution in [3.63, 3.8) is 0 Å². The van der Waals surface area contributed by atoms with Gasteiger partial charge in [-0.2, -0.15) is 0 Å². The van der Waals surface area contributed by atoms with Gasteiger partial charge in [-0.25, -0.2) is 0 Å². The maximum Gasteiger partial charge on any atom is 0.338 e. The lowest BCUT2D eigenvalue weighted by atomic mass is 10.3. The summed E-state index contributed by atoms with van der Waals surface area (Å²) in [6.45, 7) is 0. The first-order valence-electron chi connectivity index (χ1n) is 2.53. The molecule has 0 saturated heterocycles. The Morgan fingerprint density at radius 1 is 1.67 bits per heavy atom. The summed E-state index contributed by atoms with van der Waals surface area (Å²) >= 11 is 0. The van der Waals surface area contributed by atoms with Crippen molar-refractivity contribution < 1.29 is 4.79 Å². The minimum atomic E-state index is 0.854. The Morgan fingerprint density at radius 3 is 3.11 bits per heavy atom. The number of nitrogens with one attached hydrogen (secondary N) is 1. The molecular weight excluding hydrogens is 114 g/mol. The average molecular weight is 120 g/mol. The molecule has 0 bridgehead atoms. The smallest absolute Gasteiger partial charge is 0.264 e. The summed E-state index contributed by atoms with van der Waals surface area (Å²) in [6.07, 6.45) is 4.77. The van der Waals surface area contributed by atoms with Crippen LogP contribution in [0.4, 0.5) is 0 Å². The van der Waals surface area contributed by atoms with Gasteiger partial charge in [-0.1, -0.05) is 0 Å². The van der Waals surface area contributed by atoms with Crippen molar-refractivity contribution in [3.8, 4) is 0 Å². The van der Waals surface area contributed by atoms with E-state index < -0.39 is 0 Å². The molecule has 0 unspecified atom stereocenters. The summed E-state index contributed by atoms with van der Waals surface area (Å²) < 4.78 is 0. The Balaban J connectivity index is 2.97. The summed E-state index contributed by atoms with van der Waals surface area (Å²) in [4.78, 5) is 6.92. The molecule has 0 aliphatic heterocycles. The van der Waals surface area contributed by atoms with Crippen molar-refractivity contribution in [3.05, 3.63) is 30.1 Å². The zero-order valence-corrected chi connectivity index (χ0v) is 4.78. The first-order chi connectivity index (χ1) is 4.43. The molecule has 9 heavy (non-hydrogen) atoms. The van der Waals surface area contributed by atoms with Crippen LogP contribution in [0.25, 0.3) is 0 Å². The number of nitrogens with zero attached hydrogens (tertiary/aromatic N) is 2. The van der Waals surface area contributed by atoms with Gasteiger partial charge >= 0.3 is 6.21 Å². The van der Waals surface area contributed by atoms with Gasteiger partial charge in [0.2, 0.25) is 0 Å². The van der Waals surface area contributed by atoms with E-state index in [0.29, 0.717) is 0 Å². The summed E-state index contributed by atoms with van der Waals surface area (Å²) in [7, 11) is 0. The highest BCUT2D eigenvalue weighted by Crippen LogP contribution is 1.87. The molecule has 0 spiro atoms. The minimum absolute atomic E-state index is 0.854. The highest BCUT2D eigenvalue weighted by Gasteiger charge is 1.88. The van der Waals surface area contributed by atoms with Gasteiger partial charge in [-0.3, -0.25) is 4.98 Å². The largest absolute Gasteiger partial charge is 0.338 e. The highest BCUT2D eigenvalue weighted by molar-refractivity contribution is 5.73. The molecule has 1 heterocycles. The Bertz CT molecular complexity index is 223. The van der Waals surface area contributed by atoms with E-state index in [1.165, 1.54) is 6.21 Å². The second-order valence-corrected chi connectivity index (χ2v) is 1.54. The Morgan fingerprint density at radius 2 is 2.56 bits per heavy atom. The second-order valence-electron chi connectivity index (χ2n) is 1.54. The molecule has 0 amide bonds. The molecule has 0 atom stereocenters. The van der Waals surface area contributed by atoms with Gasteiger partial charge in [-0.15, -0.1) is 0 Å². The number of pyridine rings is 1. The number of aromatic nitrogens is 1. The summed E-state index contributed by atoms with van der Waals surface area (Å²) in [5.74, 6) is 0. The van der Waals surface area contributed by atoms with Crippen LogP contribution in [-0.4, -0.2) is 16.0 Å². The third-order valence-corrected chi connectivity index (χ3v) is 0.898. The first kappa shape index (κ1) is 5.66. The van der Waals surface area contributed by atoms with Gasteiger partial charge in [-0.05, 0) is 12.1 Å².